The number of nitro groups is 2. The lowest BCUT2D eigenvalue weighted by Crippen LogP contribution is -2.34. The number of nitro benzene ring substituents is 2. The smallest absolute Gasteiger partial charge is 0.303 e. The Labute approximate surface area is 447 Å². The number of ether oxygens (including phenoxy) is 2. The number of aromatic nitrogens is 4. The highest BCUT2D eigenvalue weighted by molar-refractivity contribution is 6.43. The second kappa shape index (κ2) is 17.4. The van der Waals surface area contributed by atoms with Crippen LogP contribution in [0.25, 0.3) is 87.2 Å². The predicted octanol–water partition coefficient (Wildman–Crippen LogP) is 9.82. The molecule has 2 aliphatic carbocycles. The molecule has 80 heavy (non-hydrogen) atoms. The maximum atomic E-state index is 13.9. The number of hydrogen-bond donors (Lipinski definition) is 2. The van der Waals surface area contributed by atoms with Crippen LogP contribution in [-0.4, -0.2) is 98.3 Å². The SMILES string of the molecule is CC(=O)O[C@@H]1C=CC(n2c3ccc([N+](=O)[O-])cc3c3c4c(c5c6cc([N+](=O)[O-])ccc6[nH]c5c32)C(=O)N(C(C)=O)C4=O)C1.CC(=O)O[C@@H]1C=CC(n2c3ccccc3c3c4c(c5c6ccccc6[nH]c5c32)C(=O)N(C(C)=O)C4=O)C1. The number of nitrogens with zero attached hydrogens (tertiary/aromatic N) is 6. The van der Waals surface area contributed by atoms with Crippen LogP contribution >= 0.6 is 0 Å². The third-order valence-electron chi connectivity index (χ3n) is 15.4. The number of nitrogens with one attached hydrogen (secondary N) is 2. The number of esters is 2. The number of amides is 6. The Morgan fingerprint density at radius 3 is 1.41 bits per heavy atom. The van der Waals surface area contributed by atoms with Crippen LogP contribution in [0.5, 0.6) is 0 Å². The van der Waals surface area contributed by atoms with Gasteiger partial charge in [0, 0.05) is 124 Å². The number of carbonyl (C=O) groups excluding carboxylic acids is 8. The fourth-order valence-corrected chi connectivity index (χ4v) is 12.5. The van der Waals surface area contributed by atoms with Crippen LogP contribution in [0, 0.1) is 20.2 Å². The molecule has 6 aromatic carbocycles. The van der Waals surface area contributed by atoms with Crippen molar-refractivity contribution in [3.05, 3.63) is 152 Å². The van der Waals surface area contributed by atoms with Gasteiger partial charge in [-0.25, -0.2) is 9.80 Å². The molecule has 0 spiro atoms. The molecule has 4 aliphatic rings. The molecule has 0 saturated heterocycles. The minimum Gasteiger partial charge on any atom is -0.458 e. The second-order valence-electron chi connectivity index (χ2n) is 20.0. The van der Waals surface area contributed by atoms with Crippen molar-refractivity contribution in [2.24, 2.45) is 0 Å². The fourth-order valence-electron chi connectivity index (χ4n) is 12.5. The van der Waals surface area contributed by atoms with Gasteiger partial charge in [0.15, 0.2) is 0 Å². The highest BCUT2D eigenvalue weighted by Crippen LogP contribution is 2.50. The monoisotopic (exact) mass is 1070 g/mol. The molecule has 0 radical (unpaired) electrons. The lowest BCUT2D eigenvalue weighted by molar-refractivity contribution is -0.384. The third kappa shape index (κ3) is 6.90. The van der Waals surface area contributed by atoms with E-state index in [1.54, 1.807) is 6.08 Å². The molecule has 4 atom stereocenters. The van der Waals surface area contributed by atoms with Gasteiger partial charge in [0.1, 0.15) is 12.2 Å². The number of aromatic amines is 2. The highest BCUT2D eigenvalue weighted by atomic mass is 16.6. The second-order valence-corrected chi connectivity index (χ2v) is 20.0. The van der Waals surface area contributed by atoms with E-state index in [1.165, 1.54) is 57.2 Å². The van der Waals surface area contributed by atoms with Crippen LogP contribution < -0.4 is 0 Å². The van der Waals surface area contributed by atoms with Crippen LogP contribution in [0.4, 0.5) is 11.4 Å². The average Bonchev–Trinajstić information content (AvgIpc) is 3.95. The maximum Gasteiger partial charge on any atom is 0.303 e. The summed E-state index contributed by atoms with van der Waals surface area (Å²) in [4.78, 5) is 133. The molecule has 2 N–H and O–H groups in total. The standard InChI is InChI=1S/C29H19N5O9.C29H21N3O5/c1-12(35)31-28(37)24-22-18-10-15(33(39)40)4-7-20(18)30-26(22)27-23(25(24)29(31)38)19-11-16(34(41)42)5-8-21(19)32(27)14-3-6-17(9-14)43-13(2)36;1-14(33)31-28(35)24-22-18-7-3-5-9-20(18)30-26(22)27-23(25(24)29(31)36)19-8-4-6-10-21(19)32(27)16-11-12-17(13-16)37-15(2)34/h3-8,10-11,14,17,30H,9H2,1-2H3;3-12,16-17,30H,13H2,1-2H3/t14?,17-;16?,17-/m11/s1. The molecule has 10 aromatic rings. The quantitative estimate of drug-likeness (QED) is 0.0515. The van der Waals surface area contributed by atoms with Gasteiger partial charge in [-0.1, -0.05) is 48.6 Å². The molecule has 0 saturated carbocycles. The summed E-state index contributed by atoms with van der Waals surface area (Å²) in [5, 5.41) is 27.4. The van der Waals surface area contributed by atoms with E-state index in [4.69, 9.17) is 9.47 Å². The number of non-ortho nitro benzene ring substituents is 2. The number of hydrogen-bond acceptors (Lipinski definition) is 14. The lowest BCUT2D eigenvalue weighted by Gasteiger charge is -2.17. The van der Waals surface area contributed by atoms with Gasteiger partial charge in [-0.15, -0.1) is 0 Å². The largest absolute Gasteiger partial charge is 0.458 e. The number of rotatable bonds is 6. The lowest BCUT2D eigenvalue weighted by atomic mass is 9.96. The molecule has 4 aromatic heterocycles. The summed E-state index contributed by atoms with van der Waals surface area (Å²) >= 11 is 0. The van der Waals surface area contributed by atoms with Crippen molar-refractivity contribution in [3.63, 3.8) is 0 Å². The predicted molar refractivity (Wildman–Crippen MR) is 290 cm³/mol. The molecule has 396 valence electrons. The first-order chi connectivity index (χ1) is 38.3. The Hall–Kier alpha value is -10.6. The Kier molecular flexibility index (Phi) is 10.7. The van der Waals surface area contributed by atoms with Crippen LogP contribution in [0.1, 0.15) is 94.1 Å². The van der Waals surface area contributed by atoms with E-state index in [0.29, 0.717) is 56.0 Å². The highest BCUT2D eigenvalue weighted by Gasteiger charge is 2.46. The normalized spacial score (nSPS) is 18.5. The zero-order valence-corrected chi connectivity index (χ0v) is 42.5. The van der Waals surface area contributed by atoms with Crippen LogP contribution in [-0.2, 0) is 28.7 Å². The molecule has 6 heterocycles. The van der Waals surface area contributed by atoms with E-state index in [1.807, 2.05) is 71.3 Å². The van der Waals surface area contributed by atoms with Crippen molar-refractivity contribution < 1.29 is 57.7 Å². The number of benzene rings is 6. The van der Waals surface area contributed by atoms with Gasteiger partial charge < -0.3 is 28.6 Å². The van der Waals surface area contributed by atoms with Crippen molar-refractivity contribution >= 4 is 146 Å². The summed E-state index contributed by atoms with van der Waals surface area (Å²) in [6.07, 6.45) is 7.37. The van der Waals surface area contributed by atoms with Crippen LogP contribution in [0.2, 0.25) is 0 Å². The zero-order valence-electron chi connectivity index (χ0n) is 42.5. The van der Waals surface area contributed by atoms with Gasteiger partial charge >= 0.3 is 11.9 Å². The summed E-state index contributed by atoms with van der Waals surface area (Å²) in [6, 6.07) is 23.0. The zero-order chi connectivity index (χ0) is 56.1. The average molecular weight is 1070 g/mol. The van der Waals surface area contributed by atoms with Crippen molar-refractivity contribution in [1.29, 1.82) is 0 Å². The molecule has 22 heteroatoms. The van der Waals surface area contributed by atoms with Gasteiger partial charge in [0.05, 0.1) is 71.8 Å². The molecular formula is C58H40N8O14. The van der Waals surface area contributed by atoms with Crippen molar-refractivity contribution in [3.8, 4) is 0 Å². The van der Waals surface area contributed by atoms with Crippen LogP contribution in [0.3, 0.4) is 0 Å². The van der Waals surface area contributed by atoms with Gasteiger partial charge in [0.25, 0.3) is 35.0 Å². The molecule has 0 fully saturated rings. The molecule has 6 amide bonds. The number of allylic oxidation sites excluding steroid dienone is 2. The first-order valence-corrected chi connectivity index (χ1v) is 25.2. The minimum absolute atomic E-state index is 0.125. The van der Waals surface area contributed by atoms with E-state index >= 15 is 0 Å². The first-order valence-electron chi connectivity index (χ1n) is 25.2. The fraction of sp³-hybridized carbons (Fsp3) is 0.172. The number of fused-ring (bicyclic) bond motifs is 20. The Bertz CT molecular complexity index is 4720. The maximum absolute atomic E-state index is 13.9. The van der Waals surface area contributed by atoms with Crippen molar-refractivity contribution in [2.75, 3.05) is 0 Å². The summed E-state index contributed by atoms with van der Waals surface area (Å²) in [7, 11) is 0. The van der Waals surface area contributed by atoms with Gasteiger partial charge in [-0.3, -0.25) is 58.6 Å². The molecule has 2 aliphatic heterocycles. The molecule has 14 rings (SSSR count). The molecule has 0 bridgehead atoms. The Morgan fingerprint density at radius 2 is 0.912 bits per heavy atom. The first kappa shape index (κ1) is 49.0. The molecule has 22 nitrogen and oxygen atoms in total. The van der Waals surface area contributed by atoms with E-state index in [0.717, 1.165) is 44.7 Å². The molecular weight excluding hydrogens is 1030 g/mol. The topological polar surface area (TPSA) is 289 Å². The molecule has 2 unspecified atom stereocenters. The van der Waals surface area contributed by atoms with E-state index in [2.05, 4.69) is 14.5 Å². The van der Waals surface area contributed by atoms with E-state index in [-0.39, 0.29) is 67.9 Å². The van der Waals surface area contributed by atoms with E-state index < -0.39 is 63.4 Å². The van der Waals surface area contributed by atoms with Gasteiger partial charge in [-0.05, 0) is 36.4 Å². The van der Waals surface area contributed by atoms with Gasteiger partial charge in [-0.2, -0.15) is 0 Å². The number of H-pyrrole nitrogens is 2. The summed E-state index contributed by atoms with van der Waals surface area (Å²) in [5.41, 5.74) is 4.61. The Balaban J connectivity index is 0.000000153. The van der Waals surface area contributed by atoms with Crippen molar-refractivity contribution in [1.82, 2.24) is 28.9 Å². The number of para-hydroxylation sites is 2. The minimum atomic E-state index is -0.899. The third-order valence-corrected chi connectivity index (χ3v) is 15.4. The van der Waals surface area contributed by atoms with Gasteiger partial charge in [0.2, 0.25) is 11.8 Å². The Morgan fingerprint density at radius 1 is 0.500 bits per heavy atom. The van der Waals surface area contributed by atoms with Crippen molar-refractivity contribution in [2.45, 2.75) is 64.8 Å². The van der Waals surface area contributed by atoms with Crippen LogP contribution in [0.15, 0.2) is 109 Å². The number of carbonyl (C=O) groups is 8. The van der Waals surface area contributed by atoms with E-state index in [9.17, 15) is 58.6 Å². The summed E-state index contributed by atoms with van der Waals surface area (Å²) in [6.45, 7) is 4.98. The summed E-state index contributed by atoms with van der Waals surface area (Å²) < 4.78 is 14.8. The number of imide groups is 6. The summed E-state index contributed by atoms with van der Waals surface area (Å²) in [5.74, 6) is -5.25.